The monoisotopic (exact) mass is 288 g/mol. The molecule has 1 aromatic carbocycles. The molecule has 114 valence electrons. The zero-order valence-electron chi connectivity index (χ0n) is 12.8. The summed E-state index contributed by atoms with van der Waals surface area (Å²) in [5.41, 5.74) is 3.17. The lowest BCUT2D eigenvalue weighted by atomic mass is 9.88. The first-order valence-electron chi connectivity index (χ1n) is 7.89. The Morgan fingerprint density at radius 3 is 2.95 bits per heavy atom. The lowest BCUT2D eigenvalue weighted by Gasteiger charge is -2.28. The minimum absolute atomic E-state index is 0.0889. The van der Waals surface area contributed by atoms with Crippen LogP contribution >= 0.6 is 0 Å². The molecule has 3 unspecified atom stereocenters. The van der Waals surface area contributed by atoms with Crippen molar-refractivity contribution in [3.63, 3.8) is 0 Å². The van der Waals surface area contributed by atoms with Crippen molar-refractivity contribution in [3.8, 4) is 0 Å². The summed E-state index contributed by atoms with van der Waals surface area (Å²) in [6.45, 7) is 5.62. The molecule has 2 heterocycles. The molecule has 0 aromatic heterocycles. The van der Waals surface area contributed by atoms with Crippen molar-refractivity contribution in [2.24, 2.45) is 5.92 Å². The van der Waals surface area contributed by atoms with Gasteiger partial charge in [-0.05, 0) is 49.9 Å². The van der Waals surface area contributed by atoms with Gasteiger partial charge >= 0.3 is 0 Å². The number of carbonyl (C=O) groups excluding carboxylic acids is 1. The number of fused-ring (bicyclic) bond motifs is 1. The standard InChI is InChI=1S/C17H24N2O2/c1-11-8-15-9-13(5-6-16(15)19(11)12(2)20)17(21)14-4-3-7-18-10-14/h5-6,9,11,14,17-18,21H,3-4,7-8,10H2,1-2H3. The molecule has 1 amide bonds. The maximum Gasteiger partial charge on any atom is 0.224 e. The van der Waals surface area contributed by atoms with Crippen molar-refractivity contribution < 1.29 is 9.90 Å². The topological polar surface area (TPSA) is 52.6 Å². The van der Waals surface area contributed by atoms with Crippen LogP contribution in [0.3, 0.4) is 0 Å². The van der Waals surface area contributed by atoms with Gasteiger partial charge in [-0.1, -0.05) is 12.1 Å². The van der Waals surface area contributed by atoms with E-state index in [4.69, 9.17) is 0 Å². The molecule has 3 rings (SSSR count). The Morgan fingerprint density at radius 1 is 1.48 bits per heavy atom. The molecule has 2 aliphatic heterocycles. The molecular weight excluding hydrogens is 264 g/mol. The van der Waals surface area contributed by atoms with Crippen LogP contribution in [0.15, 0.2) is 18.2 Å². The van der Waals surface area contributed by atoms with E-state index in [9.17, 15) is 9.90 Å². The predicted octanol–water partition coefficient (Wildman–Crippen LogP) is 2.02. The summed E-state index contributed by atoms with van der Waals surface area (Å²) < 4.78 is 0. The lowest BCUT2D eigenvalue weighted by Crippen LogP contribution is -2.33. The highest BCUT2D eigenvalue weighted by Crippen LogP contribution is 2.36. The van der Waals surface area contributed by atoms with Crippen LogP contribution in [-0.2, 0) is 11.2 Å². The van der Waals surface area contributed by atoms with E-state index in [2.05, 4.69) is 18.3 Å². The number of aliphatic hydroxyl groups excluding tert-OH is 1. The minimum Gasteiger partial charge on any atom is -0.388 e. The third-order valence-corrected chi connectivity index (χ3v) is 4.78. The van der Waals surface area contributed by atoms with Crippen LogP contribution in [0.1, 0.15) is 43.9 Å². The number of rotatable bonds is 2. The number of anilines is 1. The van der Waals surface area contributed by atoms with Crippen molar-refractivity contribution in [2.75, 3.05) is 18.0 Å². The fourth-order valence-corrected chi connectivity index (χ4v) is 3.74. The number of benzene rings is 1. The molecule has 2 aliphatic rings. The van der Waals surface area contributed by atoms with Crippen molar-refractivity contribution in [1.29, 1.82) is 0 Å². The summed E-state index contributed by atoms with van der Waals surface area (Å²) in [5, 5.41) is 14.0. The molecule has 3 atom stereocenters. The molecule has 4 nitrogen and oxygen atoms in total. The second kappa shape index (κ2) is 5.78. The van der Waals surface area contributed by atoms with Crippen LogP contribution < -0.4 is 10.2 Å². The Hall–Kier alpha value is -1.39. The third kappa shape index (κ3) is 2.70. The first kappa shape index (κ1) is 14.5. The Labute approximate surface area is 126 Å². The fraction of sp³-hybridized carbons (Fsp3) is 0.588. The van der Waals surface area contributed by atoms with Gasteiger partial charge in [-0.3, -0.25) is 4.79 Å². The minimum atomic E-state index is -0.412. The van der Waals surface area contributed by atoms with Gasteiger partial charge in [0.1, 0.15) is 0 Å². The van der Waals surface area contributed by atoms with E-state index in [0.717, 1.165) is 43.6 Å². The van der Waals surface area contributed by atoms with Crippen molar-refractivity contribution in [3.05, 3.63) is 29.3 Å². The Morgan fingerprint density at radius 2 is 2.29 bits per heavy atom. The molecular formula is C17H24N2O2. The van der Waals surface area contributed by atoms with E-state index in [1.54, 1.807) is 6.92 Å². The number of amides is 1. The van der Waals surface area contributed by atoms with E-state index >= 15 is 0 Å². The largest absolute Gasteiger partial charge is 0.388 e. The summed E-state index contributed by atoms with van der Waals surface area (Å²) in [6, 6.07) is 6.27. The number of aliphatic hydroxyl groups is 1. The van der Waals surface area contributed by atoms with E-state index < -0.39 is 6.10 Å². The van der Waals surface area contributed by atoms with Crippen LogP contribution in [0.2, 0.25) is 0 Å². The summed E-state index contributed by atoms with van der Waals surface area (Å²) in [5.74, 6) is 0.380. The van der Waals surface area contributed by atoms with Crippen molar-refractivity contribution in [1.82, 2.24) is 5.32 Å². The van der Waals surface area contributed by atoms with Gasteiger partial charge in [0.2, 0.25) is 5.91 Å². The molecule has 0 bridgehead atoms. The molecule has 21 heavy (non-hydrogen) atoms. The summed E-state index contributed by atoms with van der Waals surface area (Å²) in [7, 11) is 0. The highest BCUT2D eigenvalue weighted by atomic mass is 16.3. The van der Waals surface area contributed by atoms with Gasteiger partial charge < -0.3 is 15.3 Å². The first-order valence-corrected chi connectivity index (χ1v) is 7.89. The number of carbonyl (C=O) groups is 1. The summed E-state index contributed by atoms with van der Waals surface area (Å²) in [6.07, 6.45) is 2.66. The van der Waals surface area contributed by atoms with Crippen LogP contribution in [0.25, 0.3) is 0 Å². The Kier molecular flexibility index (Phi) is 4.00. The molecule has 0 radical (unpaired) electrons. The van der Waals surface area contributed by atoms with Gasteiger partial charge in [0.15, 0.2) is 0 Å². The van der Waals surface area contributed by atoms with Crippen molar-refractivity contribution >= 4 is 11.6 Å². The van der Waals surface area contributed by atoms with Gasteiger partial charge in [-0.25, -0.2) is 0 Å². The molecule has 1 fully saturated rings. The summed E-state index contributed by atoms with van der Waals surface area (Å²) in [4.78, 5) is 13.6. The van der Waals surface area contributed by atoms with Gasteiger partial charge in [0.25, 0.3) is 0 Å². The Bertz CT molecular complexity index is 538. The molecule has 1 saturated heterocycles. The Balaban J connectivity index is 1.84. The molecule has 4 heteroatoms. The zero-order chi connectivity index (χ0) is 15.0. The number of hydrogen-bond acceptors (Lipinski definition) is 3. The molecule has 1 aromatic rings. The number of nitrogens with zero attached hydrogens (tertiary/aromatic N) is 1. The highest BCUT2D eigenvalue weighted by Gasteiger charge is 2.30. The quantitative estimate of drug-likeness (QED) is 0.875. The SMILES string of the molecule is CC(=O)N1c2ccc(C(O)C3CCCNC3)cc2CC1C. The van der Waals surface area contributed by atoms with Crippen LogP contribution in [0.4, 0.5) is 5.69 Å². The maximum absolute atomic E-state index is 11.8. The smallest absolute Gasteiger partial charge is 0.224 e. The maximum atomic E-state index is 11.8. The predicted molar refractivity (Wildman–Crippen MR) is 83.3 cm³/mol. The van der Waals surface area contributed by atoms with Gasteiger partial charge in [-0.2, -0.15) is 0 Å². The fourth-order valence-electron chi connectivity index (χ4n) is 3.74. The van der Waals surface area contributed by atoms with Gasteiger partial charge in [0, 0.05) is 31.1 Å². The third-order valence-electron chi connectivity index (χ3n) is 4.78. The van der Waals surface area contributed by atoms with Crippen LogP contribution in [0, 0.1) is 5.92 Å². The molecule has 0 saturated carbocycles. The second-order valence-electron chi connectivity index (χ2n) is 6.38. The summed E-state index contributed by atoms with van der Waals surface area (Å²) >= 11 is 0. The van der Waals surface area contributed by atoms with Crippen molar-refractivity contribution in [2.45, 2.75) is 45.3 Å². The van der Waals surface area contributed by atoms with Gasteiger partial charge in [0.05, 0.1) is 6.10 Å². The first-order chi connectivity index (χ1) is 10.1. The highest BCUT2D eigenvalue weighted by molar-refractivity contribution is 5.94. The number of piperidine rings is 1. The lowest BCUT2D eigenvalue weighted by molar-refractivity contribution is -0.116. The normalized spacial score (nSPS) is 26.5. The average Bonchev–Trinajstić information content (AvgIpc) is 2.82. The van der Waals surface area contributed by atoms with E-state index in [1.807, 2.05) is 17.0 Å². The van der Waals surface area contributed by atoms with Crippen LogP contribution in [0.5, 0.6) is 0 Å². The molecule has 0 aliphatic carbocycles. The van der Waals surface area contributed by atoms with E-state index in [1.165, 1.54) is 5.56 Å². The molecule has 2 N–H and O–H groups in total. The van der Waals surface area contributed by atoms with E-state index in [-0.39, 0.29) is 11.9 Å². The van der Waals surface area contributed by atoms with Gasteiger partial charge in [-0.15, -0.1) is 0 Å². The van der Waals surface area contributed by atoms with E-state index in [0.29, 0.717) is 5.92 Å². The number of hydrogen-bond donors (Lipinski definition) is 2. The average molecular weight is 288 g/mol. The zero-order valence-corrected chi connectivity index (χ0v) is 12.8. The van der Waals surface area contributed by atoms with Crippen LogP contribution in [-0.4, -0.2) is 30.1 Å². The molecule has 0 spiro atoms. The number of nitrogens with one attached hydrogen (secondary N) is 1. The second-order valence-corrected chi connectivity index (χ2v) is 6.38.